The van der Waals surface area contributed by atoms with Gasteiger partial charge in [-0.15, -0.1) is 0 Å². The van der Waals surface area contributed by atoms with Gasteiger partial charge < -0.3 is 4.90 Å². The monoisotopic (exact) mass is 369 g/mol. The molecule has 2 aliphatic heterocycles. The second kappa shape index (κ2) is 6.74. The Morgan fingerprint density at radius 3 is 2.31 bits per heavy atom. The van der Waals surface area contributed by atoms with Crippen LogP contribution in [0.5, 0.6) is 0 Å². The van der Waals surface area contributed by atoms with Gasteiger partial charge in [0.25, 0.3) is 0 Å². The largest absolute Gasteiger partial charge is 0.369 e. The lowest BCUT2D eigenvalue weighted by atomic mass is 10.1. The molecule has 0 aliphatic carbocycles. The molecule has 1 amide bonds. The van der Waals surface area contributed by atoms with Crippen molar-refractivity contribution in [1.29, 1.82) is 0 Å². The Labute approximate surface area is 157 Å². The molecule has 0 N–H and O–H groups in total. The van der Waals surface area contributed by atoms with Gasteiger partial charge in [0, 0.05) is 49.4 Å². The first kappa shape index (κ1) is 17.1. The summed E-state index contributed by atoms with van der Waals surface area (Å²) in [7, 11) is 0. The molecule has 0 unspecified atom stereocenters. The molecule has 1 fully saturated rings. The topological polar surface area (TPSA) is 43.9 Å². The minimum absolute atomic E-state index is 0.00995. The van der Waals surface area contributed by atoms with E-state index in [0.717, 1.165) is 42.6 Å². The molecular weight excluding hydrogens is 350 g/mol. The molecule has 6 heteroatoms. The van der Waals surface area contributed by atoms with Gasteiger partial charge in [0.2, 0.25) is 11.7 Å². The number of fused-ring (bicyclic) bond motifs is 1. The van der Waals surface area contributed by atoms with Crippen molar-refractivity contribution >= 4 is 34.7 Å². The van der Waals surface area contributed by atoms with Crippen molar-refractivity contribution in [3.8, 4) is 0 Å². The van der Waals surface area contributed by atoms with Gasteiger partial charge in [-0.3, -0.25) is 19.4 Å². The second-order valence-corrected chi connectivity index (χ2v) is 7.08. The highest BCUT2D eigenvalue weighted by Crippen LogP contribution is 2.34. The van der Waals surface area contributed by atoms with Gasteiger partial charge in [-0.05, 0) is 36.4 Å². The molecule has 134 valence electrons. The lowest BCUT2D eigenvalue weighted by Gasteiger charge is -2.40. The van der Waals surface area contributed by atoms with Crippen LogP contribution in [0.1, 0.15) is 17.3 Å². The van der Waals surface area contributed by atoms with Crippen LogP contribution in [0.3, 0.4) is 0 Å². The Kier molecular flexibility index (Phi) is 4.42. The Morgan fingerprint density at radius 1 is 1.00 bits per heavy atom. The molecule has 1 atom stereocenters. The summed E-state index contributed by atoms with van der Waals surface area (Å²) in [6.07, 6.45) is -0.530. The number of para-hydroxylation sites is 1. The van der Waals surface area contributed by atoms with Crippen LogP contribution in [0.25, 0.3) is 0 Å². The Hall–Kier alpha value is -2.37. The van der Waals surface area contributed by atoms with Crippen molar-refractivity contribution in [3.63, 3.8) is 0 Å². The van der Waals surface area contributed by atoms with E-state index in [1.807, 2.05) is 42.5 Å². The van der Waals surface area contributed by atoms with E-state index in [1.165, 1.54) is 6.92 Å². The minimum Gasteiger partial charge on any atom is -0.369 e. The van der Waals surface area contributed by atoms with E-state index in [-0.39, 0.29) is 11.7 Å². The van der Waals surface area contributed by atoms with Gasteiger partial charge in [0.15, 0.2) is 6.17 Å². The summed E-state index contributed by atoms with van der Waals surface area (Å²) in [5.41, 5.74) is 2.47. The minimum atomic E-state index is -0.530. The van der Waals surface area contributed by atoms with Gasteiger partial charge in [0.1, 0.15) is 0 Å². The molecule has 4 rings (SSSR count). The second-order valence-electron chi connectivity index (χ2n) is 6.64. The number of anilines is 2. The number of piperazine rings is 1. The third-order valence-corrected chi connectivity index (χ3v) is 5.35. The molecule has 5 nitrogen and oxygen atoms in total. The number of halogens is 1. The van der Waals surface area contributed by atoms with E-state index in [4.69, 9.17) is 11.6 Å². The predicted molar refractivity (Wildman–Crippen MR) is 103 cm³/mol. The van der Waals surface area contributed by atoms with Crippen molar-refractivity contribution in [1.82, 2.24) is 4.90 Å². The first-order valence-electron chi connectivity index (χ1n) is 8.74. The number of rotatable bonds is 2. The highest BCUT2D eigenvalue weighted by atomic mass is 35.5. The molecule has 2 aliphatic rings. The maximum Gasteiger partial charge on any atom is 0.225 e. The van der Waals surface area contributed by atoms with Crippen LogP contribution < -0.4 is 9.80 Å². The lowest BCUT2D eigenvalue weighted by molar-refractivity contribution is -0.117. The first-order chi connectivity index (χ1) is 12.6. The number of hydrogen-bond donors (Lipinski definition) is 0. The summed E-state index contributed by atoms with van der Waals surface area (Å²) < 4.78 is 0. The van der Waals surface area contributed by atoms with E-state index in [0.29, 0.717) is 5.56 Å². The fourth-order valence-corrected chi connectivity index (χ4v) is 3.95. The molecule has 2 aromatic carbocycles. The van der Waals surface area contributed by atoms with Gasteiger partial charge >= 0.3 is 0 Å². The van der Waals surface area contributed by atoms with Crippen molar-refractivity contribution in [2.75, 3.05) is 36.0 Å². The fraction of sp³-hybridized carbons (Fsp3) is 0.300. The Morgan fingerprint density at radius 2 is 1.65 bits per heavy atom. The van der Waals surface area contributed by atoms with E-state index in [2.05, 4.69) is 9.80 Å². The average Bonchev–Trinajstić information content (AvgIpc) is 2.96. The number of nitrogens with zero attached hydrogens (tertiary/aromatic N) is 3. The number of carbonyl (C=O) groups is 2. The van der Waals surface area contributed by atoms with Crippen molar-refractivity contribution in [2.45, 2.75) is 13.1 Å². The SMILES string of the molecule is CC(=O)N1c2ccccc2C(=O)[C@H]1N1CCN(c2ccc(Cl)cc2)CC1. The molecular formula is C20H20ClN3O2. The van der Waals surface area contributed by atoms with Gasteiger partial charge in [0.05, 0.1) is 5.69 Å². The zero-order chi connectivity index (χ0) is 18.3. The molecule has 0 spiro atoms. The fourth-order valence-electron chi connectivity index (χ4n) is 3.83. The summed E-state index contributed by atoms with van der Waals surface area (Å²) in [5, 5.41) is 0.721. The van der Waals surface area contributed by atoms with Gasteiger partial charge in [-0.2, -0.15) is 0 Å². The molecule has 2 aromatic rings. The standard InChI is InChI=1S/C20H20ClN3O2/c1-14(25)24-18-5-3-2-4-17(18)19(26)20(24)23-12-10-22(11-13-23)16-8-6-15(21)7-9-16/h2-9,20H,10-13H2,1H3/t20-/m0/s1. The molecule has 1 saturated heterocycles. The van der Waals surface area contributed by atoms with Crippen LogP contribution in [0.2, 0.25) is 5.02 Å². The molecule has 2 heterocycles. The zero-order valence-electron chi connectivity index (χ0n) is 14.6. The summed E-state index contributed by atoms with van der Waals surface area (Å²) in [6.45, 7) is 4.56. The maximum absolute atomic E-state index is 12.9. The molecule has 0 bridgehead atoms. The Balaban J connectivity index is 1.53. The van der Waals surface area contributed by atoms with E-state index >= 15 is 0 Å². The van der Waals surface area contributed by atoms with Crippen LogP contribution in [0.15, 0.2) is 48.5 Å². The van der Waals surface area contributed by atoms with Crippen LogP contribution in [-0.2, 0) is 4.79 Å². The third-order valence-electron chi connectivity index (χ3n) is 5.10. The van der Waals surface area contributed by atoms with Gasteiger partial charge in [-0.1, -0.05) is 23.7 Å². The summed E-state index contributed by atoms with van der Waals surface area (Å²) in [4.78, 5) is 31.2. The Bertz CT molecular complexity index is 844. The number of carbonyl (C=O) groups excluding carboxylic acids is 2. The van der Waals surface area contributed by atoms with E-state index in [9.17, 15) is 9.59 Å². The summed E-state index contributed by atoms with van der Waals surface area (Å²) in [5.74, 6) is -0.0934. The van der Waals surface area contributed by atoms with Crippen LogP contribution in [0, 0.1) is 0 Å². The predicted octanol–water partition coefficient (Wildman–Crippen LogP) is 3.04. The van der Waals surface area contributed by atoms with Crippen LogP contribution >= 0.6 is 11.6 Å². The van der Waals surface area contributed by atoms with Gasteiger partial charge in [-0.25, -0.2) is 0 Å². The maximum atomic E-state index is 12.9. The zero-order valence-corrected chi connectivity index (χ0v) is 15.3. The number of hydrogen-bond acceptors (Lipinski definition) is 4. The summed E-state index contributed by atoms with van der Waals surface area (Å²) in [6, 6.07) is 15.2. The number of benzene rings is 2. The lowest BCUT2D eigenvalue weighted by Crippen LogP contribution is -2.58. The first-order valence-corrected chi connectivity index (χ1v) is 9.11. The van der Waals surface area contributed by atoms with E-state index in [1.54, 1.807) is 11.0 Å². The normalized spacial score (nSPS) is 20.4. The molecule has 0 radical (unpaired) electrons. The molecule has 0 saturated carbocycles. The number of Topliss-reactive ketones (excluding diaryl/α,β-unsaturated/α-hetero) is 1. The van der Waals surface area contributed by atoms with E-state index < -0.39 is 6.17 Å². The van der Waals surface area contributed by atoms with Crippen LogP contribution in [0.4, 0.5) is 11.4 Å². The quantitative estimate of drug-likeness (QED) is 0.816. The highest BCUT2D eigenvalue weighted by Gasteiger charge is 2.43. The average molecular weight is 370 g/mol. The van der Waals surface area contributed by atoms with Crippen molar-refractivity contribution in [3.05, 3.63) is 59.1 Å². The number of amides is 1. The number of ketones is 1. The molecule has 0 aromatic heterocycles. The highest BCUT2D eigenvalue weighted by molar-refractivity contribution is 6.30. The smallest absolute Gasteiger partial charge is 0.225 e. The van der Waals surface area contributed by atoms with Crippen molar-refractivity contribution in [2.24, 2.45) is 0 Å². The third kappa shape index (κ3) is 2.87. The van der Waals surface area contributed by atoms with Crippen molar-refractivity contribution < 1.29 is 9.59 Å². The summed E-state index contributed by atoms with van der Waals surface area (Å²) >= 11 is 5.96. The van der Waals surface area contributed by atoms with Crippen LogP contribution in [-0.4, -0.2) is 48.9 Å². The molecule has 26 heavy (non-hydrogen) atoms.